The van der Waals surface area contributed by atoms with Crippen LogP contribution in [0.2, 0.25) is 0 Å². The van der Waals surface area contributed by atoms with E-state index in [2.05, 4.69) is 20.9 Å². The summed E-state index contributed by atoms with van der Waals surface area (Å²) < 4.78 is 19.3. The highest BCUT2D eigenvalue weighted by Crippen LogP contribution is 2.41. The number of amides is 1. The van der Waals surface area contributed by atoms with Gasteiger partial charge >= 0.3 is 0 Å². The summed E-state index contributed by atoms with van der Waals surface area (Å²) in [5, 5.41) is 0. The average Bonchev–Trinajstić information content (AvgIpc) is 2.82. The molecule has 5 nitrogen and oxygen atoms in total. The van der Waals surface area contributed by atoms with Crippen LogP contribution in [0, 0.1) is 12.7 Å². The van der Waals surface area contributed by atoms with Crippen LogP contribution in [0.25, 0.3) is 0 Å². The molecule has 0 aromatic heterocycles. The summed E-state index contributed by atoms with van der Waals surface area (Å²) >= 11 is 3.18. The Kier molecular flexibility index (Phi) is 4.28. The smallest absolute Gasteiger partial charge is 0.266 e. The lowest BCUT2D eigenvalue weighted by atomic mass is 9.82. The number of ether oxygens (including phenoxy) is 1. The van der Waals surface area contributed by atoms with E-state index in [1.807, 2.05) is 13.0 Å². The van der Waals surface area contributed by atoms with E-state index in [1.54, 1.807) is 38.4 Å². The molecular formula is C18H17BrFN3O2. The predicted octanol–water partition coefficient (Wildman–Crippen LogP) is 2.94. The number of guanidine groups is 1. The Morgan fingerprint density at radius 2 is 1.88 bits per heavy atom. The highest BCUT2D eigenvalue weighted by atomic mass is 79.9. The number of hydrogen-bond acceptors (Lipinski definition) is 4. The van der Waals surface area contributed by atoms with E-state index in [0.29, 0.717) is 16.9 Å². The molecule has 0 saturated carbocycles. The number of methoxy groups -OCH3 is 1. The van der Waals surface area contributed by atoms with Crippen molar-refractivity contribution in [1.82, 2.24) is 4.90 Å². The fourth-order valence-electron chi connectivity index (χ4n) is 3.01. The van der Waals surface area contributed by atoms with Crippen molar-refractivity contribution in [3.05, 3.63) is 63.4 Å². The molecule has 0 bridgehead atoms. The van der Waals surface area contributed by atoms with E-state index in [-0.39, 0.29) is 16.3 Å². The second-order valence-corrected chi connectivity index (χ2v) is 6.71. The lowest BCUT2D eigenvalue weighted by Crippen LogP contribution is -2.41. The maximum Gasteiger partial charge on any atom is 0.266 e. The molecule has 1 atom stereocenters. The van der Waals surface area contributed by atoms with Crippen molar-refractivity contribution in [2.24, 2.45) is 10.7 Å². The minimum Gasteiger partial charge on any atom is -0.496 e. The third kappa shape index (κ3) is 2.59. The van der Waals surface area contributed by atoms with Crippen LogP contribution in [-0.4, -0.2) is 30.9 Å². The minimum absolute atomic E-state index is 0.110. The van der Waals surface area contributed by atoms with Gasteiger partial charge in [-0.05, 0) is 63.8 Å². The Morgan fingerprint density at radius 3 is 2.40 bits per heavy atom. The normalized spacial score (nSPS) is 20.0. The summed E-state index contributed by atoms with van der Waals surface area (Å²) in [6, 6.07) is 9.80. The molecule has 1 unspecified atom stereocenters. The van der Waals surface area contributed by atoms with E-state index in [4.69, 9.17) is 10.5 Å². The number of carbonyl (C=O) groups excluding carboxylic acids is 1. The van der Waals surface area contributed by atoms with Crippen molar-refractivity contribution in [3.63, 3.8) is 0 Å². The van der Waals surface area contributed by atoms with Crippen molar-refractivity contribution in [3.8, 4) is 5.75 Å². The van der Waals surface area contributed by atoms with Crippen LogP contribution in [0.1, 0.15) is 16.7 Å². The van der Waals surface area contributed by atoms with Gasteiger partial charge < -0.3 is 10.5 Å². The number of likely N-dealkylation sites (N-methyl/N-ethyl adjacent to an activating group) is 1. The van der Waals surface area contributed by atoms with Crippen LogP contribution in [0.4, 0.5) is 4.39 Å². The lowest BCUT2D eigenvalue weighted by Gasteiger charge is -2.27. The fraction of sp³-hybridized carbons (Fsp3) is 0.222. The van der Waals surface area contributed by atoms with Gasteiger partial charge in [-0.1, -0.05) is 12.1 Å². The first-order valence-electron chi connectivity index (χ1n) is 7.55. The monoisotopic (exact) mass is 405 g/mol. The quantitative estimate of drug-likeness (QED) is 0.853. The molecule has 3 rings (SSSR count). The van der Waals surface area contributed by atoms with Crippen LogP contribution in [0.3, 0.4) is 0 Å². The first kappa shape index (κ1) is 17.4. The van der Waals surface area contributed by atoms with E-state index >= 15 is 0 Å². The molecular weight excluding hydrogens is 389 g/mol. The third-order valence-electron chi connectivity index (χ3n) is 4.39. The van der Waals surface area contributed by atoms with Crippen LogP contribution in [0.5, 0.6) is 5.75 Å². The SMILES string of the molecule is COc1ccc(C2(c3ccc(F)c(Br)c3)N=C(N)N(C)C2=O)cc1C. The van der Waals surface area contributed by atoms with Gasteiger partial charge in [0.1, 0.15) is 11.6 Å². The Bertz CT molecular complexity index is 900. The molecule has 1 aliphatic rings. The number of aliphatic imine (C=N–C) groups is 1. The lowest BCUT2D eigenvalue weighted by molar-refractivity contribution is -0.129. The molecule has 1 heterocycles. The van der Waals surface area contributed by atoms with Crippen LogP contribution >= 0.6 is 15.9 Å². The summed E-state index contributed by atoms with van der Waals surface area (Å²) in [4.78, 5) is 18.9. The largest absolute Gasteiger partial charge is 0.496 e. The Morgan fingerprint density at radius 1 is 1.24 bits per heavy atom. The van der Waals surface area contributed by atoms with E-state index in [0.717, 1.165) is 5.56 Å². The number of hydrogen-bond donors (Lipinski definition) is 1. The summed E-state index contributed by atoms with van der Waals surface area (Å²) in [5.41, 5.74) is 6.60. The first-order chi connectivity index (χ1) is 11.8. The number of halogens is 2. The van der Waals surface area contributed by atoms with Gasteiger partial charge in [-0.15, -0.1) is 0 Å². The second kappa shape index (κ2) is 6.15. The van der Waals surface area contributed by atoms with Gasteiger partial charge in [-0.2, -0.15) is 0 Å². The Balaban J connectivity index is 2.29. The standard InChI is InChI=1S/C18H17BrFN3O2/c1-10-8-11(5-7-15(10)25-3)18(16(24)23(2)17(21)22-18)12-4-6-14(20)13(19)9-12/h4-9H,1-3H3,(H2,21,22). The molecule has 2 aromatic rings. The van der Waals surface area contributed by atoms with Crippen molar-refractivity contribution >= 4 is 27.8 Å². The number of rotatable bonds is 3. The molecule has 1 aliphatic heterocycles. The molecule has 0 aliphatic carbocycles. The zero-order chi connectivity index (χ0) is 18.4. The van der Waals surface area contributed by atoms with Crippen LogP contribution in [-0.2, 0) is 10.3 Å². The number of nitrogens with two attached hydrogens (primary N) is 1. The molecule has 2 aromatic carbocycles. The summed E-state index contributed by atoms with van der Waals surface area (Å²) in [5.74, 6) is 0.0995. The first-order valence-corrected chi connectivity index (χ1v) is 8.34. The molecule has 0 saturated heterocycles. The number of aryl methyl sites for hydroxylation is 1. The number of carbonyl (C=O) groups is 1. The molecule has 7 heteroatoms. The van der Waals surface area contributed by atoms with Crippen molar-refractivity contribution < 1.29 is 13.9 Å². The minimum atomic E-state index is -1.36. The molecule has 0 radical (unpaired) electrons. The van der Waals surface area contributed by atoms with Crippen LogP contribution < -0.4 is 10.5 Å². The fourth-order valence-corrected chi connectivity index (χ4v) is 3.39. The maximum absolute atomic E-state index is 13.7. The van der Waals surface area contributed by atoms with Crippen molar-refractivity contribution in [2.75, 3.05) is 14.2 Å². The highest BCUT2D eigenvalue weighted by molar-refractivity contribution is 9.10. The topological polar surface area (TPSA) is 67.9 Å². The highest BCUT2D eigenvalue weighted by Gasteiger charge is 2.49. The zero-order valence-electron chi connectivity index (χ0n) is 14.0. The van der Waals surface area contributed by atoms with Gasteiger partial charge in [0.05, 0.1) is 11.6 Å². The van der Waals surface area contributed by atoms with E-state index in [1.165, 1.54) is 11.0 Å². The maximum atomic E-state index is 13.7. The van der Waals surface area contributed by atoms with E-state index < -0.39 is 11.4 Å². The molecule has 1 amide bonds. The van der Waals surface area contributed by atoms with Crippen molar-refractivity contribution in [2.45, 2.75) is 12.5 Å². The number of nitrogens with zero attached hydrogens (tertiary/aromatic N) is 2. The summed E-state index contributed by atoms with van der Waals surface area (Å²) in [7, 11) is 3.15. The molecule has 130 valence electrons. The number of benzene rings is 2. The van der Waals surface area contributed by atoms with Gasteiger partial charge in [0, 0.05) is 7.05 Å². The Hall–Kier alpha value is -2.41. The molecule has 0 fully saturated rings. The van der Waals surface area contributed by atoms with Gasteiger partial charge in [0.2, 0.25) is 0 Å². The van der Waals surface area contributed by atoms with Crippen LogP contribution in [0.15, 0.2) is 45.9 Å². The molecule has 25 heavy (non-hydrogen) atoms. The van der Waals surface area contributed by atoms with E-state index in [9.17, 15) is 9.18 Å². The Labute approximate surface area is 153 Å². The van der Waals surface area contributed by atoms with Gasteiger partial charge in [0.15, 0.2) is 11.5 Å². The van der Waals surface area contributed by atoms with Crippen molar-refractivity contribution in [1.29, 1.82) is 0 Å². The third-order valence-corrected chi connectivity index (χ3v) is 5.00. The average molecular weight is 406 g/mol. The van der Waals surface area contributed by atoms with Gasteiger partial charge in [-0.3, -0.25) is 9.69 Å². The molecule has 2 N–H and O–H groups in total. The zero-order valence-corrected chi connectivity index (χ0v) is 15.6. The summed E-state index contributed by atoms with van der Waals surface area (Å²) in [6.45, 7) is 1.88. The second-order valence-electron chi connectivity index (χ2n) is 5.86. The van der Waals surface area contributed by atoms with Gasteiger partial charge in [0.25, 0.3) is 5.91 Å². The molecule has 0 spiro atoms. The van der Waals surface area contributed by atoms with Gasteiger partial charge in [-0.25, -0.2) is 9.38 Å². The summed E-state index contributed by atoms with van der Waals surface area (Å²) in [6.07, 6.45) is 0. The predicted molar refractivity (Wildman–Crippen MR) is 97.0 cm³/mol.